The SMILES string of the molecule is CC(C)(C)C1CCC(N)(CCOc2cccc(Br)c2)CC1. The van der Waals surface area contributed by atoms with Crippen molar-refractivity contribution in [3.05, 3.63) is 28.7 Å². The summed E-state index contributed by atoms with van der Waals surface area (Å²) >= 11 is 3.46. The zero-order valence-electron chi connectivity index (χ0n) is 13.5. The smallest absolute Gasteiger partial charge is 0.120 e. The van der Waals surface area contributed by atoms with E-state index in [4.69, 9.17) is 10.5 Å². The minimum absolute atomic E-state index is 0.0340. The number of ether oxygens (including phenoxy) is 1. The third-order valence-electron chi connectivity index (χ3n) is 4.87. The molecule has 0 amide bonds. The van der Waals surface area contributed by atoms with Gasteiger partial charge in [0.15, 0.2) is 0 Å². The van der Waals surface area contributed by atoms with Gasteiger partial charge >= 0.3 is 0 Å². The van der Waals surface area contributed by atoms with E-state index in [-0.39, 0.29) is 5.54 Å². The lowest BCUT2D eigenvalue weighted by molar-refractivity contribution is 0.119. The summed E-state index contributed by atoms with van der Waals surface area (Å²) in [5.74, 6) is 1.72. The van der Waals surface area contributed by atoms with Crippen LogP contribution in [0.4, 0.5) is 0 Å². The summed E-state index contributed by atoms with van der Waals surface area (Å²) in [5, 5.41) is 0. The number of nitrogens with two attached hydrogens (primary N) is 1. The highest BCUT2D eigenvalue weighted by molar-refractivity contribution is 9.10. The fraction of sp³-hybridized carbons (Fsp3) is 0.667. The molecular formula is C18H28BrNO. The van der Waals surface area contributed by atoms with Crippen LogP contribution in [0.3, 0.4) is 0 Å². The number of hydrogen-bond acceptors (Lipinski definition) is 2. The third-order valence-corrected chi connectivity index (χ3v) is 5.36. The van der Waals surface area contributed by atoms with Crippen LogP contribution >= 0.6 is 15.9 Å². The zero-order chi connectivity index (χ0) is 15.5. The van der Waals surface area contributed by atoms with Gasteiger partial charge in [0.25, 0.3) is 0 Å². The van der Waals surface area contributed by atoms with E-state index in [1.807, 2.05) is 24.3 Å². The van der Waals surface area contributed by atoms with E-state index in [1.165, 1.54) is 12.8 Å². The molecule has 0 aromatic heterocycles. The molecule has 2 rings (SSSR count). The summed E-state index contributed by atoms with van der Waals surface area (Å²) < 4.78 is 6.89. The predicted octanol–water partition coefficient (Wildman–Crippen LogP) is 5.15. The Bertz CT molecular complexity index is 459. The average molecular weight is 354 g/mol. The van der Waals surface area contributed by atoms with Gasteiger partial charge < -0.3 is 10.5 Å². The Kier molecular flexibility index (Phi) is 5.37. The van der Waals surface area contributed by atoms with Crippen molar-refractivity contribution in [3.63, 3.8) is 0 Å². The monoisotopic (exact) mass is 353 g/mol. The number of halogens is 1. The maximum atomic E-state index is 6.57. The van der Waals surface area contributed by atoms with Gasteiger partial charge in [0.1, 0.15) is 5.75 Å². The second-order valence-electron chi connectivity index (χ2n) is 7.56. The second kappa shape index (κ2) is 6.70. The summed E-state index contributed by atoms with van der Waals surface area (Å²) in [6, 6.07) is 7.99. The lowest BCUT2D eigenvalue weighted by Gasteiger charge is -2.42. The summed E-state index contributed by atoms with van der Waals surface area (Å²) in [6.07, 6.45) is 5.68. The summed E-state index contributed by atoms with van der Waals surface area (Å²) in [4.78, 5) is 0. The molecule has 0 saturated heterocycles. The van der Waals surface area contributed by atoms with Crippen LogP contribution < -0.4 is 10.5 Å². The summed E-state index contributed by atoms with van der Waals surface area (Å²) in [5.41, 5.74) is 6.95. The quantitative estimate of drug-likeness (QED) is 0.811. The molecule has 0 unspecified atom stereocenters. The molecule has 1 fully saturated rings. The molecule has 0 radical (unpaired) electrons. The van der Waals surface area contributed by atoms with Crippen molar-refractivity contribution in [2.24, 2.45) is 17.1 Å². The van der Waals surface area contributed by atoms with E-state index in [1.54, 1.807) is 0 Å². The van der Waals surface area contributed by atoms with Gasteiger partial charge in [-0.2, -0.15) is 0 Å². The summed E-state index contributed by atoms with van der Waals surface area (Å²) in [6.45, 7) is 7.74. The van der Waals surface area contributed by atoms with Gasteiger partial charge in [0, 0.05) is 10.0 Å². The molecule has 1 aliphatic rings. The van der Waals surface area contributed by atoms with Crippen molar-refractivity contribution in [2.45, 2.75) is 58.4 Å². The summed E-state index contributed by atoms with van der Waals surface area (Å²) in [7, 11) is 0. The first kappa shape index (κ1) is 16.8. The molecule has 0 spiro atoms. The Morgan fingerprint density at radius 1 is 1.29 bits per heavy atom. The van der Waals surface area contributed by atoms with Gasteiger partial charge in [-0.05, 0) is 61.6 Å². The van der Waals surface area contributed by atoms with Crippen molar-refractivity contribution in [2.75, 3.05) is 6.61 Å². The van der Waals surface area contributed by atoms with Gasteiger partial charge in [-0.15, -0.1) is 0 Å². The minimum atomic E-state index is -0.0340. The Hall–Kier alpha value is -0.540. The maximum Gasteiger partial charge on any atom is 0.120 e. The van der Waals surface area contributed by atoms with Gasteiger partial charge in [-0.3, -0.25) is 0 Å². The third kappa shape index (κ3) is 5.00. The minimum Gasteiger partial charge on any atom is -0.493 e. The largest absolute Gasteiger partial charge is 0.493 e. The number of benzene rings is 1. The molecular weight excluding hydrogens is 326 g/mol. The number of rotatable bonds is 4. The van der Waals surface area contributed by atoms with Crippen molar-refractivity contribution >= 4 is 15.9 Å². The van der Waals surface area contributed by atoms with Crippen LogP contribution in [-0.4, -0.2) is 12.1 Å². The molecule has 3 heteroatoms. The van der Waals surface area contributed by atoms with Gasteiger partial charge in [-0.1, -0.05) is 42.8 Å². The number of hydrogen-bond donors (Lipinski definition) is 1. The topological polar surface area (TPSA) is 35.2 Å². The Balaban J connectivity index is 1.78. The highest BCUT2D eigenvalue weighted by Crippen LogP contribution is 2.41. The van der Waals surface area contributed by atoms with E-state index in [9.17, 15) is 0 Å². The van der Waals surface area contributed by atoms with Crippen molar-refractivity contribution in [3.8, 4) is 5.75 Å². The van der Waals surface area contributed by atoms with Crippen LogP contribution in [0.2, 0.25) is 0 Å². The highest BCUT2D eigenvalue weighted by atomic mass is 79.9. The second-order valence-corrected chi connectivity index (χ2v) is 8.47. The lowest BCUT2D eigenvalue weighted by atomic mass is 9.67. The molecule has 0 atom stereocenters. The molecule has 118 valence electrons. The van der Waals surface area contributed by atoms with Crippen molar-refractivity contribution in [1.82, 2.24) is 0 Å². The highest BCUT2D eigenvalue weighted by Gasteiger charge is 2.35. The van der Waals surface area contributed by atoms with Crippen LogP contribution in [0.15, 0.2) is 28.7 Å². The van der Waals surface area contributed by atoms with Crippen LogP contribution in [0.5, 0.6) is 5.75 Å². The molecule has 21 heavy (non-hydrogen) atoms. The Labute approximate surface area is 137 Å². The van der Waals surface area contributed by atoms with E-state index < -0.39 is 0 Å². The van der Waals surface area contributed by atoms with Crippen LogP contribution in [0.1, 0.15) is 52.9 Å². The first-order valence-electron chi connectivity index (χ1n) is 7.96. The molecule has 0 aliphatic heterocycles. The van der Waals surface area contributed by atoms with E-state index >= 15 is 0 Å². The Morgan fingerprint density at radius 2 is 1.95 bits per heavy atom. The molecule has 0 bridgehead atoms. The molecule has 1 aromatic carbocycles. The molecule has 1 saturated carbocycles. The van der Waals surface area contributed by atoms with Gasteiger partial charge in [-0.25, -0.2) is 0 Å². The zero-order valence-corrected chi connectivity index (χ0v) is 15.1. The van der Waals surface area contributed by atoms with Crippen molar-refractivity contribution in [1.29, 1.82) is 0 Å². The van der Waals surface area contributed by atoms with Gasteiger partial charge in [0.2, 0.25) is 0 Å². The fourth-order valence-corrected chi connectivity index (χ4v) is 3.62. The predicted molar refractivity (Wildman–Crippen MR) is 92.6 cm³/mol. The van der Waals surface area contributed by atoms with Crippen molar-refractivity contribution < 1.29 is 4.74 Å². The standard InChI is InChI=1S/C18H28BrNO/c1-17(2,3)14-7-9-18(20,10-8-14)11-12-21-16-6-4-5-15(19)13-16/h4-6,13-14H,7-12,20H2,1-3H3. The first-order chi connectivity index (χ1) is 9.78. The maximum absolute atomic E-state index is 6.57. The molecule has 1 aliphatic carbocycles. The Morgan fingerprint density at radius 3 is 2.52 bits per heavy atom. The van der Waals surface area contributed by atoms with Crippen LogP contribution in [0.25, 0.3) is 0 Å². The molecule has 2 N–H and O–H groups in total. The van der Waals surface area contributed by atoms with E-state index in [0.717, 1.165) is 35.4 Å². The lowest BCUT2D eigenvalue weighted by Crippen LogP contribution is -2.46. The fourth-order valence-electron chi connectivity index (χ4n) is 3.24. The average Bonchev–Trinajstić information content (AvgIpc) is 2.38. The van der Waals surface area contributed by atoms with Crippen LogP contribution in [0, 0.1) is 11.3 Å². The van der Waals surface area contributed by atoms with E-state index in [0.29, 0.717) is 12.0 Å². The van der Waals surface area contributed by atoms with E-state index in [2.05, 4.69) is 36.7 Å². The van der Waals surface area contributed by atoms with Crippen LogP contribution in [-0.2, 0) is 0 Å². The molecule has 2 nitrogen and oxygen atoms in total. The molecule has 0 heterocycles. The normalized spacial score (nSPS) is 26.6. The first-order valence-corrected chi connectivity index (χ1v) is 8.75. The molecule has 1 aromatic rings. The van der Waals surface area contributed by atoms with Gasteiger partial charge in [0.05, 0.1) is 6.61 Å².